The standard InChI is InChI=1S/C20H21NO5/c22-18(15-5-2-1-3-6-15)12-13-19(23)21-16-8-10-17(11-9-16)26-14-4-7-20(24)25/h1-3,5-6,8-11H,4,7,12-14H2,(H,21,23)(H,24,25). The maximum absolute atomic E-state index is 12.0. The Kier molecular flexibility index (Phi) is 7.36. The van der Waals surface area contributed by atoms with Crippen LogP contribution < -0.4 is 10.1 Å². The summed E-state index contributed by atoms with van der Waals surface area (Å²) < 4.78 is 5.42. The average Bonchev–Trinajstić information content (AvgIpc) is 2.65. The van der Waals surface area contributed by atoms with Crippen LogP contribution in [0.15, 0.2) is 54.6 Å². The number of rotatable bonds is 10. The molecule has 0 heterocycles. The summed E-state index contributed by atoms with van der Waals surface area (Å²) >= 11 is 0. The summed E-state index contributed by atoms with van der Waals surface area (Å²) in [5.41, 5.74) is 1.21. The Morgan fingerprint density at radius 1 is 0.885 bits per heavy atom. The van der Waals surface area contributed by atoms with Crippen molar-refractivity contribution in [3.05, 3.63) is 60.2 Å². The maximum Gasteiger partial charge on any atom is 0.303 e. The van der Waals surface area contributed by atoms with Crippen LogP contribution in [-0.2, 0) is 9.59 Å². The van der Waals surface area contributed by atoms with E-state index in [-0.39, 0.29) is 31.0 Å². The third-order valence-corrected chi connectivity index (χ3v) is 3.62. The molecule has 0 radical (unpaired) electrons. The molecule has 0 fully saturated rings. The molecule has 6 nitrogen and oxygen atoms in total. The first kappa shape index (κ1) is 19.2. The summed E-state index contributed by atoms with van der Waals surface area (Å²) in [7, 11) is 0. The third-order valence-electron chi connectivity index (χ3n) is 3.62. The number of hydrogen-bond acceptors (Lipinski definition) is 4. The molecule has 0 aliphatic rings. The Balaban J connectivity index is 1.73. The van der Waals surface area contributed by atoms with Crippen LogP contribution in [-0.4, -0.2) is 29.4 Å². The monoisotopic (exact) mass is 355 g/mol. The Morgan fingerprint density at radius 3 is 2.23 bits per heavy atom. The van der Waals surface area contributed by atoms with E-state index in [4.69, 9.17) is 9.84 Å². The van der Waals surface area contributed by atoms with Crippen LogP contribution in [0, 0.1) is 0 Å². The van der Waals surface area contributed by atoms with E-state index >= 15 is 0 Å². The molecule has 0 atom stereocenters. The Labute approximate surface area is 151 Å². The molecule has 2 aromatic rings. The summed E-state index contributed by atoms with van der Waals surface area (Å²) in [5, 5.41) is 11.3. The number of carbonyl (C=O) groups is 3. The second-order valence-corrected chi connectivity index (χ2v) is 5.71. The molecule has 2 N–H and O–H groups in total. The van der Waals surface area contributed by atoms with Crippen molar-refractivity contribution in [1.29, 1.82) is 0 Å². The SMILES string of the molecule is O=C(O)CCCOc1ccc(NC(=O)CCC(=O)c2ccccc2)cc1. The number of amides is 1. The number of ether oxygens (including phenoxy) is 1. The minimum atomic E-state index is -0.850. The van der Waals surface area contributed by atoms with Gasteiger partial charge < -0.3 is 15.2 Å². The smallest absolute Gasteiger partial charge is 0.303 e. The Morgan fingerprint density at radius 2 is 1.58 bits per heavy atom. The lowest BCUT2D eigenvalue weighted by Gasteiger charge is -2.08. The lowest BCUT2D eigenvalue weighted by molar-refractivity contribution is -0.137. The van der Waals surface area contributed by atoms with Gasteiger partial charge in [-0.25, -0.2) is 0 Å². The fraction of sp³-hybridized carbons (Fsp3) is 0.250. The van der Waals surface area contributed by atoms with Crippen molar-refractivity contribution in [3.8, 4) is 5.75 Å². The average molecular weight is 355 g/mol. The number of anilines is 1. The maximum atomic E-state index is 12.0. The van der Waals surface area contributed by atoms with Gasteiger partial charge >= 0.3 is 5.97 Å². The second kappa shape index (κ2) is 9.98. The number of carboxylic acids is 1. The van der Waals surface area contributed by atoms with Gasteiger partial charge in [-0.1, -0.05) is 30.3 Å². The summed E-state index contributed by atoms with van der Waals surface area (Å²) in [5.74, 6) is -0.541. The number of ketones is 1. The number of carbonyl (C=O) groups excluding carboxylic acids is 2. The molecule has 6 heteroatoms. The van der Waals surface area contributed by atoms with Gasteiger partial charge in [-0.05, 0) is 30.7 Å². The largest absolute Gasteiger partial charge is 0.494 e. The van der Waals surface area contributed by atoms with Crippen molar-refractivity contribution < 1.29 is 24.2 Å². The molecule has 1 amide bonds. The highest BCUT2D eigenvalue weighted by Crippen LogP contribution is 2.16. The fourth-order valence-corrected chi connectivity index (χ4v) is 2.27. The predicted octanol–water partition coefficient (Wildman–Crippen LogP) is 3.53. The van der Waals surface area contributed by atoms with Crippen molar-refractivity contribution in [2.75, 3.05) is 11.9 Å². The summed E-state index contributed by atoms with van der Waals surface area (Å²) in [6.45, 7) is 0.319. The summed E-state index contributed by atoms with van der Waals surface area (Å²) in [6, 6.07) is 15.7. The quantitative estimate of drug-likeness (QED) is 0.502. The molecule has 2 rings (SSSR count). The molecule has 0 bridgehead atoms. The molecule has 0 unspecified atom stereocenters. The van der Waals surface area contributed by atoms with Crippen LogP contribution in [0.2, 0.25) is 0 Å². The van der Waals surface area contributed by atoms with Gasteiger partial charge in [-0.15, -0.1) is 0 Å². The van der Waals surface area contributed by atoms with E-state index in [2.05, 4.69) is 5.32 Å². The first-order valence-electron chi connectivity index (χ1n) is 8.37. The van der Waals surface area contributed by atoms with Gasteiger partial charge in [-0.3, -0.25) is 14.4 Å². The third kappa shape index (κ3) is 6.76. The van der Waals surface area contributed by atoms with Crippen molar-refractivity contribution in [2.24, 2.45) is 0 Å². The number of carboxylic acid groups (broad SMARTS) is 1. The predicted molar refractivity (Wildman–Crippen MR) is 97.4 cm³/mol. The highest BCUT2D eigenvalue weighted by molar-refractivity contribution is 5.99. The summed E-state index contributed by atoms with van der Waals surface area (Å²) in [6.07, 6.45) is 0.765. The van der Waals surface area contributed by atoms with Crippen molar-refractivity contribution in [3.63, 3.8) is 0 Å². The van der Waals surface area contributed by atoms with Gasteiger partial charge in [0.05, 0.1) is 6.61 Å². The lowest BCUT2D eigenvalue weighted by atomic mass is 10.1. The molecule has 0 aliphatic heterocycles. The highest BCUT2D eigenvalue weighted by Gasteiger charge is 2.09. The molecular formula is C20H21NO5. The van der Waals surface area contributed by atoms with Crippen molar-refractivity contribution >= 4 is 23.3 Å². The number of Topliss-reactive ketones (excluding diaryl/α,β-unsaturated/α-hetero) is 1. The first-order valence-corrected chi connectivity index (χ1v) is 8.37. The van der Waals surface area contributed by atoms with Crippen LogP contribution in [0.5, 0.6) is 5.75 Å². The van der Waals surface area contributed by atoms with Crippen LogP contribution in [0.4, 0.5) is 5.69 Å². The Hall–Kier alpha value is -3.15. The van der Waals surface area contributed by atoms with E-state index in [1.807, 2.05) is 6.07 Å². The molecule has 0 aromatic heterocycles. The van der Waals surface area contributed by atoms with Crippen molar-refractivity contribution in [1.82, 2.24) is 0 Å². The zero-order valence-corrected chi connectivity index (χ0v) is 14.3. The van der Waals surface area contributed by atoms with Crippen LogP contribution in [0.1, 0.15) is 36.0 Å². The van der Waals surface area contributed by atoms with E-state index in [1.165, 1.54) is 0 Å². The van der Waals surface area contributed by atoms with Gasteiger partial charge in [-0.2, -0.15) is 0 Å². The topological polar surface area (TPSA) is 92.7 Å². The van der Waals surface area contributed by atoms with E-state index < -0.39 is 5.97 Å². The lowest BCUT2D eigenvalue weighted by Crippen LogP contribution is -2.13. The second-order valence-electron chi connectivity index (χ2n) is 5.71. The fourth-order valence-electron chi connectivity index (χ4n) is 2.27. The number of benzene rings is 2. The number of hydrogen-bond donors (Lipinski definition) is 2. The van der Waals surface area contributed by atoms with E-state index in [0.717, 1.165) is 0 Å². The number of aliphatic carboxylic acids is 1. The molecule has 0 saturated heterocycles. The van der Waals surface area contributed by atoms with Crippen LogP contribution >= 0.6 is 0 Å². The van der Waals surface area contributed by atoms with Gasteiger partial charge in [0.15, 0.2) is 5.78 Å². The number of nitrogens with one attached hydrogen (secondary N) is 1. The zero-order valence-electron chi connectivity index (χ0n) is 14.3. The molecule has 2 aromatic carbocycles. The van der Waals surface area contributed by atoms with E-state index in [9.17, 15) is 14.4 Å². The molecule has 26 heavy (non-hydrogen) atoms. The van der Waals surface area contributed by atoms with E-state index in [1.54, 1.807) is 48.5 Å². The Bertz CT molecular complexity index is 741. The molecule has 0 spiro atoms. The van der Waals surface area contributed by atoms with Gasteiger partial charge in [0, 0.05) is 30.5 Å². The zero-order chi connectivity index (χ0) is 18.8. The molecular weight excluding hydrogens is 334 g/mol. The van der Waals surface area contributed by atoms with Crippen LogP contribution in [0.3, 0.4) is 0 Å². The van der Waals surface area contributed by atoms with E-state index in [0.29, 0.717) is 30.0 Å². The molecule has 136 valence electrons. The highest BCUT2D eigenvalue weighted by atomic mass is 16.5. The molecule has 0 saturated carbocycles. The van der Waals surface area contributed by atoms with Crippen LogP contribution in [0.25, 0.3) is 0 Å². The van der Waals surface area contributed by atoms with Crippen molar-refractivity contribution in [2.45, 2.75) is 25.7 Å². The molecule has 0 aliphatic carbocycles. The minimum absolute atomic E-state index is 0.0640. The minimum Gasteiger partial charge on any atom is -0.494 e. The first-order chi connectivity index (χ1) is 12.5. The van der Waals surface area contributed by atoms with Gasteiger partial charge in [0.25, 0.3) is 0 Å². The van der Waals surface area contributed by atoms with Gasteiger partial charge in [0.2, 0.25) is 5.91 Å². The van der Waals surface area contributed by atoms with Gasteiger partial charge in [0.1, 0.15) is 5.75 Å². The normalized spacial score (nSPS) is 10.2. The summed E-state index contributed by atoms with van der Waals surface area (Å²) in [4.78, 5) is 34.4.